The van der Waals surface area contributed by atoms with Crippen molar-refractivity contribution in [1.82, 2.24) is 10.2 Å². The summed E-state index contributed by atoms with van der Waals surface area (Å²) in [4.78, 5) is 14.0. The Kier molecular flexibility index (Phi) is 3.68. The Morgan fingerprint density at radius 2 is 2.06 bits per heavy atom. The molecule has 0 radical (unpaired) electrons. The zero-order valence-electron chi connectivity index (χ0n) is 11.0. The lowest BCUT2D eigenvalue weighted by Crippen LogP contribution is -2.62. The van der Waals surface area contributed by atoms with Crippen LogP contribution in [-0.4, -0.2) is 36.0 Å². The predicted octanol–water partition coefficient (Wildman–Crippen LogP) is 0.897. The highest BCUT2D eigenvalue weighted by molar-refractivity contribution is 5.86. The van der Waals surface area contributed by atoms with Crippen LogP contribution < -0.4 is 11.1 Å². The molecule has 0 aromatic heterocycles. The summed E-state index contributed by atoms with van der Waals surface area (Å²) in [6.45, 7) is 6.13. The van der Waals surface area contributed by atoms with Gasteiger partial charge in [-0.3, -0.25) is 9.69 Å². The summed E-state index contributed by atoms with van der Waals surface area (Å²) < 4.78 is 0. The Bertz CT molecular complexity index is 416. The quantitative estimate of drug-likeness (QED) is 0.834. The summed E-state index contributed by atoms with van der Waals surface area (Å²) in [6, 6.07) is 9.96. The van der Waals surface area contributed by atoms with Crippen molar-refractivity contribution in [3.8, 4) is 0 Å². The highest BCUT2D eigenvalue weighted by Gasteiger charge is 2.37. The van der Waals surface area contributed by atoms with E-state index in [1.54, 1.807) is 0 Å². The average molecular weight is 247 g/mol. The molecule has 1 atom stereocenters. The predicted molar refractivity (Wildman–Crippen MR) is 72.0 cm³/mol. The lowest BCUT2D eigenvalue weighted by Gasteiger charge is -2.42. The zero-order valence-corrected chi connectivity index (χ0v) is 11.0. The molecule has 0 bridgehead atoms. The van der Waals surface area contributed by atoms with E-state index < -0.39 is 5.54 Å². The van der Waals surface area contributed by atoms with Crippen LogP contribution in [0, 0.1) is 0 Å². The van der Waals surface area contributed by atoms with Gasteiger partial charge in [-0.05, 0) is 19.4 Å². The maximum absolute atomic E-state index is 11.9. The van der Waals surface area contributed by atoms with E-state index in [0.717, 1.165) is 12.1 Å². The van der Waals surface area contributed by atoms with Crippen molar-refractivity contribution in [3.05, 3.63) is 35.9 Å². The molecule has 2 rings (SSSR count). The molecule has 4 nitrogen and oxygen atoms in total. The first-order valence-corrected chi connectivity index (χ1v) is 6.35. The molecule has 3 N–H and O–H groups in total. The molecule has 1 heterocycles. The Morgan fingerprint density at radius 3 is 2.72 bits per heavy atom. The van der Waals surface area contributed by atoms with Gasteiger partial charge in [-0.1, -0.05) is 30.3 Å². The molecule has 0 spiro atoms. The Labute approximate surface area is 108 Å². The number of hydrogen-bond donors (Lipinski definition) is 2. The van der Waals surface area contributed by atoms with Crippen molar-refractivity contribution in [2.24, 2.45) is 5.73 Å². The van der Waals surface area contributed by atoms with Crippen molar-refractivity contribution in [1.29, 1.82) is 0 Å². The lowest BCUT2D eigenvalue weighted by molar-refractivity contribution is -0.135. The average Bonchev–Trinajstić information content (AvgIpc) is 2.36. The van der Waals surface area contributed by atoms with Crippen molar-refractivity contribution in [2.45, 2.75) is 25.4 Å². The van der Waals surface area contributed by atoms with Crippen LogP contribution in [-0.2, 0) is 4.79 Å². The number of nitrogens with zero attached hydrogens (tertiary/aromatic N) is 1. The minimum absolute atomic E-state index is 0.0589. The van der Waals surface area contributed by atoms with Gasteiger partial charge < -0.3 is 11.1 Å². The lowest BCUT2D eigenvalue weighted by atomic mass is 9.97. The van der Waals surface area contributed by atoms with Gasteiger partial charge in [0.1, 0.15) is 0 Å². The highest BCUT2D eigenvalue weighted by atomic mass is 16.2. The zero-order chi connectivity index (χ0) is 13.2. The molecular weight excluding hydrogens is 226 g/mol. The Balaban J connectivity index is 2.07. The van der Waals surface area contributed by atoms with E-state index in [4.69, 9.17) is 5.73 Å². The van der Waals surface area contributed by atoms with Gasteiger partial charge in [0.2, 0.25) is 5.91 Å². The van der Waals surface area contributed by atoms with Gasteiger partial charge in [-0.25, -0.2) is 0 Å². The highest BCUT2D eigenvalue weighted by Crippen LogP contribution is 2.21. The van der Waals surface area contributed by atoms with Gasteiger partial charge in [0.05, 0.1) is 5.54 Å². The van der Waals surface area contributed by atoms with Crippen LogP contribution in [0.15, 0.2) is 30.3 Å². The second kappa shape index (κ2) is 5.08. The van der Waals surface area contributed by atoms with E-state index in [-0.39, 0.29) is 11.9 Å². The summed E-state index contributed by atoms with van der Waals surface area (Å²) in [5, 5.41) is 2.89. The topological polar surface area (TPSA) is 58.4 Å². The summed E-state index contributed by atoms with van der Waals surface area (Å²) in [7, 11) is 0. The van der Waals surface area contributed by atoms with Crippen LogP contribution in [0.2, 0.25) is 0 Å². The second-order valence-electron chi connectivity index (χ2n) is 5.28. The van der Waals surface area contributed by atoms with E-state index in [1.807, 2.05) is 44.2 Å². The molecule has 98 valence electrons. The third-order valence-electron chi connectivity index (χ3n) is 3.66. The number of rotatable bonds is 3. The molecule has 1 unspecified atom stereocenters. The minimum Gasteiger partial charge on any atom is -0.353 e. The van der Waals surface area contributed by atoms with Crippen molar-refractivity contribution < 1.29 is 4.79 Å². The third-order valence-corrected chi connectivity index (χ3v) is 3.66. The smallest absolute Gasteiger partial charge is 0.240 e. The standard InChI is InChI=1S/C14H21N3O/c1-14(2)13(18)16-8-9-17(14)10-12(15)11-6-4-3-5-7-11/h3-7,12H,8-10,15H2,1-2H3,(H,16,18). The van der Waals surface area contributed by atoms with Crippen LogP contribution in [0.4, 0.5) is 0 Å². The molecule has 1 amide bonds. The number of piperazine rings is 1. The third kappa shape index (κ3) is 2.54. The van der Waals surface area contributed by atoms with Crippen LogP contribution in [0.5, 0.6) is 0 Å². The largest absolute Gasteiger partial charge is 0.353 e. The summed E-state index contributed by atoms with van der Waals surface area (Å²) >= 11 is 0. The van der Waals surface area contributed by atoms with Gasteiger partial charge in [-0.2, -0.15) is 0 Å². The molecule has 1 aliphatic rings. The number of hydrogen-bond acceptors (Lipinski definition) is 3. The number of carbonyl (C=O) groups is 1. The monoisotopic (exact) mass is 247 g/mol. The number of nitrogens with one attached hydrogen (secondary N) is 1. The van der Waals surface area contributed by atoms with E-state index in [9.17, 15) is 4.79 Å². The molecule has 0 saturated carbocycles. The van der Waals surface area contributed by atoms with Crippen molar-refractivity contribution >= 4 is 5.91 Å². The van der Waals surface area contributed by atoms with E-state index in [1.165, 1.54) is 0 Å². The van der Waals surface area contributed by atoms with Gasteiger partial charge in [0.25, 0.3) is 0 Å². The van der Waals surface area contributed by atoms with E-state index in [2.05, 4.69) is 10.2 Å². The van der Waals surface area contributed by atoms with E-state index >= 15 is 0 Å². The number of carbonyl (C=O) groups excluding carboxylic acids is 1. The van der Waals surface area contributed by atoms with Gasteiger partial charge in [0, 0.05) is 25.7 Å². The fourth-order valence-electron chi connectivity index (χ4n) is 2.31. The van der Waals surface area contributed by atoms with Crippen LogP contribution in [0.3, 0.4) is 0 Å². The molecule has 1 aromatic rings. The SMILES string of the molecule is CC1(C)C(=O)NCCN1CC(N)c1ccccc1. The molecule has 1 aromatic carbocycles. The van der Waals surface area contributed by atoms with Crippen LogP contribution in [0.1, 0.15) is 25.5 Å². The Hall–Kier alpha value is -1.39. The molecule has 1 fully saturated rings. The maximum Gasteiger partial charge on any atom is 0.240 e. The number of amides is 1. The normalized spacial score (nSPS) is 21.4. The first-order valence-electron chi connectivity index (χ1n) is 6.35. The first-order chi connectivity index (χ1) is 8.51. The summed E-state index contributed by atoms with van der Waals surface area (Å²) in [5.74, 6) is 0.0778. The van der Waals surface area contributed by atoms with Crippen LogP contribution in [0.25, 0.3) is 0 Å². The Morgan fingerprint density at radius 1 is 1.39 bits per heavy atom. The fourth-order valence-corrected chi connectivity index (χ4v) is 2.31. The molecule has 1 aliphatic heterocycles. The van der Waals surface area contributed by atoms with Crippen molar-refractivity contribution in [2.75, 3.05) is 19.6 Å². The van der Waals surface area contributed by atoms with Crippen LogP contribution >= 0.6 is 0 Å². The number of benzene rings is 1. The first kappa shape index (κ1) is 13.1. The summed E-state index contributed by atoms with van der Waals surface area (Å²) in [5.41, 5.74) is 6.85. The molecule has 0 aliphatic carbocycles. The van der Waals surface area contributed by atoms with Gasteiger partial charge in [-0.15, -0.1) is 0 Å². The van der Waals surface area contributed by atoms with Crippen molar-refractivity contribution in [3.63, 3.8) is 0 Å². The van der Waals surface area contributed by atoms with E-state index in [0.29, 0.717) is 13.1 Å². The summed E-state index contributed by atoms with van der Waals surface area (Å²) in [6.07, 6.45) is 0. The van der Waals surface area contributed by atoms with Gasteiger partial charge >= 0.3 is 0 Å². The number of nitrogens with two attached hydrogens (primary N) is 1. The maximum atomic E-state index is 11.9. The molecule has 4 heteroatoms. The van der Waals surface area contributed by atoms with Gasteiger partial charge in [0.15, 0.2) is 0 Å². The molecule has 18 heavy (non-hydrogen) atoms. The fraction of sp³-hybridized carbons (Fsp3) is 0.500. The second-order valence-corrected chi connectivity index (χ2v) is 5.28. The molecular formula is C14H21N3O. The molecule has 1 saturated heterocycles. The minimum atomic E-state index is -0.481.